The first-order valence-electron chi connectivity index (χ1n) is 11.8. The Bertz CT molecular complexity index is 877. The molecule has 0 aromatic heterocycles. The summed E-state index contributed by atoms with van der Waals surface area (Å²) in [5.74, 6) is -0.586. The maximum atomic E-state index is 13.4. The van der Waals surface area contributed by atoms with Crippen molar-refractivity contribution < 1.29 is 23.0 Å². The van der Waals surface area contributed by atoms with Crippen LogP contribution < -0.4 is 0 Å². The molecule has 2 aliphatic heterocycles. The number of carbonyl (C=O) groups is 1. The second kappa shape index (κ2) is 11.7. The van der Waals surface area contributed by atoms with Crippen molar-refractivity contribution in [2.45, 2.75) is 50.8 Å². The van der Waals surface area contributed by atoms with Gasteiger partial charge in [0, 0.05) is 32.2 Å². The van der Waals surface area contributed by atoms with Gasteiger partial charge < -0.3 is 19.3 Å². The number of hydrogen-bond acceptors (Lipinski definition) is 4. The summed E-state index contributed by atoms with van der Waals surface area (Å²) >= 11 is 0. The van der Waals surface area contributed by atoms with Gasteiger partial charge in [0.1, 0.15) is 18.4 Å². The largest absolute Gasteiger partial charge is 0.355 e. The van der Waals surface area contributed by atoms with Crippen LogP contribution in [0.1, 0.15) is 36.8 Å². The minimum Gasteiger partial charge on any atom is -0.355 e. The van der Waals surface area contributed by atoms with Crippen LogP contribution in [0.15, 0.2) is 48.5 Å². The van der Waals surface area contributed by atoms with Crippen LogP contribution in [0.5, 0.6) is 0 Å². The van der Waals surface area contributed by atoms with Gasteiger partial charge in [-0.3, -0.25) is 4.79 Å². The molecule has 2 saturated heterocycles. The molecular formula is C26H32F2N2O3. The lowest BCUT2D eigenvalue weighted by atomic mass is 10.00. The summed E-state index contributed by atoms with van der Waals surface area (Å²) in [6.07, 6.45) is 4.22. The van der Waals surface area contributed by atoms with Gasteiger partial charge in [0.2, 0.25) is 5.91 Å². The number of ether oxygens (including phenoxy) is 2. The maximum absolute atomic E-state index is 13.4. The fourth-order valence-corrected chi connectivity index (χ4v) is 4.60. The maximum Gasteiger partial charge on any atom is 0.227 e. The van der Waals surface area contributed by atoms with Crippen molar-refractivity contribution in [3.63, 3.8) is 0 Å². The Balaban J connectivity index is 1.36. The molecule has 0 spiro atoms. The molecule has 178 valence electrons. The lowest BCUT2D eigenvalue weighted by Crippen LogP contribution is -2.48. The molecule has 7 heteroatoms. The van der Waals surface area contributed by atoms with Gasteiger partial charge in [0.25, 0.3) is 0 Å². The molecule has 0 radical (unpaired) electrons. The van der Waals surface area contributed by atoms with Crippen molar-refractivity contribution in [3.05, 3.63) is 71.3 Å². The van der Waals surface area contributed by atoms with Crippen LogP contribution >= 0.6 is 0 Å². The number of benzene rings is 2. The van der Waals surface area contributed by atoms with Gasteiger partial charge in [-0.25, -0.2) is 8.78 Å². The molecule has 0 aliphatic carbocycles. The third-order valence-corrected chi connectivity index (χ3v) is 6.59. The molecule has 2 aromatic rings. The molecule has 1 amide bonds. The molecule has 2 heterocycles. The number of rotatable bonds is 8. The van der Waals surface area contributed by atoms with Gasteiger partial charge >= 0.3 is 0 Å². The Morgan fingerprint density at radius 1 is 0.939 bits per heavy atom. The van der Waals surface area contributed by atoms with Crippen molar-refractivity contribution in [1.82, 2.24) is 9.80 Å². The zero-order valence-corrected chi connectivity index (χ0v) is 18.9. The Kier molecular flexibility index (Phi) is 8.42. The summed E-state index contributed by atoms with van der Waals surface area (Å²) in [6, 6.07) is 12.5. The normalized spacial score (nSPS) is 20.0. The van der Waals surface area contributed by atoms with E-state index in [1.54, 1.807) is 24.3 Å². The SMILES string of the molecule is O=C(Cc1ccc(F)cc1)N(Cc1ccc(F)cc1)C1CCN(CCC2CCOCO2)CC1. The average Bonchev–Trinajstić information content (AvgIpc) is 2.85. The van der Waals surface area contributed by atoms with Crippen LogP contribution in [0.3, 0.4) is 0 Å². The Morgan fingerprint density at radius 2 is 1.58 bits per heavy atom. The Labute approximate surface area is 194 Å². The van der Waals surface area contributed by atoms with E-state index in [9.17, 15) is 13.6 Å². The predicted molar refractivity (Wildman–Crippen MR) is 121 cm³/mol. The topological polar surface area (TPSA) is 42.0 Å². The van der Waals surface area contributed by atoms with Crippen molar-refractivity contribution in [2.75, 3.05) is 33.0 Å². The lowest BCUT2D eigenvalue weighted by molar-refractivity contribution is -0.142. The van der Waals surface area contributed by atoms with E-state index < -0.39 is 0 Å². The predicted octanol–water partition coefficient (Wildman–Crippen LogP) is 4.15. The highest BCUT2D eigenvalue weighted by Crippen LogP contribution is 2.22. The molecule has 2 aliphatic rings. The monoisotopic (exact) mass is 458 g/mol. The zero-order chi connectivity index (χ0) is 23.0. The molecule has 1 atom stereocenters. The zero-order valence-electron chi connectivity index (χ0n) is 18.9. The van der Waals surface area contributed by atoms with Crippen LogP contribution in [0.2, 0.25) is 0 Å². The van der Waals surface area contributed by atoms with E-state index >= 15 is 0 Å². The molecule has 0 bridgehead atoms. The summed E-state index contributed by atoms with van der Waals surface area (Å²) in [5.41, 5.74) is 1.70. The highest BCUT2D eigenvalue weighted by Gasteiger charge is 2.28. The molecule has 2 fully saturated rings. The number of likely N-dealkylation sites (tertiary alicyclic amines) is 1. The molecular weight excluding hydrogens is 426 g/mol. The first-order valence-corrected chi connectivity index (χ1v) is 11.8. The van der Waals surface area contributed by atoms with E-state index in [2.05, 4.69) is 4.90 Å². The van der Waals surface area contributed by atoms with Crippen LogP contribution in [-0.4, -0.2) is 60.9 Å². The van der Waals surface area contributed by atoms with Crippen LogP contribution in [0, 0.1) is 11.6 Å². The first kappa shape index (κ1) is 23.8. The van der Waals surface area contributed by atoms with Gasteiger partial charge in [-0.2, -0.15) is 0 Å². The van der Waals surface area contributed by atoms with Crippen LogP contribution in [0.4, 0.5) is 8.78 Å². The number of piperidine rings is 1. The summed E-state index contributed by atoms with van der Waals surface area (Å²) in [6.45, 7) is 4.44. The number of amides is 1. The van der Waals surface area contributed by atoms with Gasteiger partial charge in [-0.05, 0) is 61.1 Å². The fraction of sp³-hybridized carbons (Fsp3) is 0.500. The molecule has 0 saturated carbocycles. The van der Waals surface area contributed by atoms with E-state index in [0.29, 0.717) is 13.3 Å². The fourth-order valence-electron chi connectivity index (χ4n) is 4.60. The van der Waals surface area contributed by atoms with Crippen molar-refractivity contribution in [3.8, 4) is 0 Å². The second-order valence-electron chi connectivity index (χ2n) is 8.92. The lowest BCUT2D eigenvalue weighted by Gasteiger charge is -2.39. The molecule has 0 N–H and O–H groups in total. The van der Waals surface area contributed by atoms with Gasteiger partial charge in [-0.1, -0.05) is 24.3 Å². The number of halogens is 2. The molecule has 2 aromatic carbocycles. The van der Waals surface area contributed by atoms with E-state index in [4.69, 9.17) is 9.47 Å². The average molecular weight is 459 g/mol. The van der Waals surface area contributed by atoms with E-state index in [1.807, 2.05) is 4.90 Å². The standard InChI is InChI=1S/C26H32F2N2O3/c27-22-5-1-20(2-6-22)17-26(31)30(18-21-3-7-23(28)8-4-21)24-9-13-29(14-10-24)15-11-25-12-16-32-19-33-25/h1-8,24-25H,9-19H2. The van der Waals surface area contributed by atoms with Gasteiger partial charge in [0.05, 0.1) is 19.1 Å². The van der Waals surface area contributed by atoms with Crippen molar-refractivity contribution >= 4 is 5.91 Å². The minimum absolute atomic E-state index is 0.0139. The second-order valence-corrected chi connectivity index (χ2v) is 8.92. The van der Waals surface area contributed by atoms with Gasteiger partial charge in [0.15, 0.2) is 0 Å². The number of hydrogen-bond donors (Lipinski definition) is 0. The molecule has 33 heavy (non-hydrogen) atoms. The van der Waals surface area contributed by atoms with Crippen LogP contribution in [0.25, 0.3) is 0 Å². The molecule has 1 unspecified atom stereocenters. The van der Waals surface area contributed by atoms with Gasteiger partial charge in [-0.15, -0.1) is 0 Å². The third kappa shape index (κ3) is 7.06. The van der Waals surface area contributed by atoms with E-state index in [-0.39, 0.29) is 36.1 Å². The van der Waals surface area contributed by atoms with E-state index in [0.717, 1.165) is 63.1 Å². The minimum atomic E-state index is -0.312. The third-order valence-electron chi connectivity index (χ3n) is 6.59. The highest BCUT2D eigenvalue weighted by atomic mass is 19.1. The quantitative estimate of drug-likeness (QED) is 0.596. The summed E-state index contributed by atoms with van der Waals surface area (Å²) < 4.78 is 37.5. The highest BCUT2D eigenvalue weighted by molar-refractivity contribution is 5.79. The Morgan fingerprint density at radius 3 is 2.18 bits per heavy atom. The van der Waals surface area contributed by atoms with E-state index in [1.165, 1.54) is 24.3 Å². The summed E-state index contributed by atoms with van der Waals surface area (Å²) in [7, 11) is 0. The molecule has 5 nitrogen and oxygen atoms in total. The Hall–Kier alpha value is -2.35. The molecule has 4 rings (SSSR count). The summed E-state index contributed by atoms with van der Waals surface area (Å²) in [5, 5.41) is 0. The smallest absolute Gasteiger partial charge is 0.227 e. The summed E-state index contributed by atoms with van der Waals surface area (Å²) in [4.78, 5) is 17.7. The van der Waals surface area contributed by atoms with Crippen molar-refractivity contribution in [1.29, 1.82) is 0 Å². The van der Waals surface area contributed by atoms with Crippen LogP contribution in [-0.2, 0) is 27.2 Å². The first-order chi connectivity index (χ1) is 16.1. The number of nitrogens with zero attached hydrogens (tertiary/aromatic N) is 2. The number of carbonyl (C=O) groups excluding carboxylic acids is 1. The van der Waals surface area contributed by atoms with Crippen molar-refractivity contribution in [2.24, 2.45) is 0 Å².